The van der Waals surface area contributed by atoms with E-state index < -0.39 is 12.1 Å². The van der Waals surface area contributed by atoms with Crippen molar-refractivity contribution in [2.45, 2.75) is 50.5 Å². The fourth-order valence-electron chi connectivity index (χ4n) is 4.21. The molecule has 2 heterocycles. The van der Waals surface area contributed by atoms with Crippen LogP contribution in [0.1, 0.15) is 30.4 Å². The van der Waals surface area contributed by atoms with Crippen LogP contribution in [0.4, 0.5) is 0 Å². The number of nitrogens with one attached hydrogen (secondary N) is 1. The van der Waals surface area contributed by atoms with Crippen molar-refractivity contribution in [1.82, 2.24) is 15.1 Å². The zero-order valence-electron chi connectivity index (χ0n) is 18.7. The summed E-state index contributed by atoms with van der Waals surface area (Å²) in [6.07, 6.45) is 0.716. The van der Waals surface area contributed by atoms with Crippen LogP contribution in [0.15, 0.2) is 18.2 Å². The highest BCUT2D eigenvalue weighted by atomic mass is 35.5. The van der Waals surface area contributed by atoms with E-state index in [9.17, 15) is 14.4 Å². The molecule has 0 saturated carbocycles. The number of carbonyl (C=O) groups is 3. The van der Waals surface area contributed by atoms with Gasteiger partial charge in [-0.25, -0.2) is 0 Å². The summed E-state index contributed by atoms with van der Waals surface area (Å²) in [5, 5.41) is 3.41. The summed E-state index contributed by atoms with van der Waals surface area (Å²) in [6, 6.07) is 3.41. The molecule has 7 N–H and O–H groups in total. The van der Waals surface area contributed by atoms with Crippen LogP contribution in [-0.2, 0) is 32.2 Å². The zero-order chi connectivity index (χ0) is 24.0. The first-order chi connectivity index (χ1) is 15.8. The fourth-order valence-corrected chi connectivity index (χ4v) is 4.40. The molecule has 0 spiro atoms. The fraction of sp³-hybridized carbons (Fsp3) is 0.591. The predicted octanol–water partition coefficient (Wildman–Crippen LogP) is -0.691. The zero-order valence-corrected chi connectivity index (χ0v) is 19.4. The molecule has 0 radical (unpaired) electrons. The number of halogens is 1. The molecule has 11 heteroatoms. The van der Waals surface area contributed by atoms with Gasteiger partial charge in [0.15, 0.2) is 0 Å². The Kier molecular flexibility index (Phi) is 9.04. The molecule has 2 aliphatic heterocycles. The number of nitrogens with two attached hydrogens (primary N) is 3. The lowest BCUT2D eigenvalue weighted by atomic mass is 10.1. The van der Waals surface area contributed by atoms with Gasteiger partial charge in [-0.1, -0.05) is 17.7 Å². The molecule has 3 amide bonds. The Balaban J connectivity index is 1.56. The van der Waals surface area contributed by atoms with Crippen LogP contribution in [0.3, 0.4) is 0 Å². The average Bonchev–Trinajstić information content (AvgIpc) is 3.22. The van der Waals surface area contributed by atoms with E-state index in [-0.39, 0.29) is 49.7 Å². The second kappa shape index (κ2) is 11.8. The number of amides is 3. The van der Waals surface area contributed by atoms with Crippen LogP contribution in [0.25, 0.3) is 0 Å². The summed E-state index contributed by atoms with van der Waals surface area (Å²) in [5.74, 6) is -0.731. The topological polar surface area (TPSA) is 157 Å². The van der Waals surface area contributed by atoms with Gasteiger partial charge in [-0.15, -0.1) is 0 Å². The first kappa shape index (κ1) is 25.4. The summed E-state index contributed by atoms with van der Waals surface area (Å²) in [6.45, 7) is 2.92. The van der Waals surface area contributed by atoms with Gasteiger partial charge in [-0.05, 0) is 36.1 Å². The number of nitrogens with zero attached hydrogens (tertiary/aromatic N) is 2. The van der Waals surface area contributed by atoms with Gasteiger partial charge < -0.3 is 37.1 Å². The maximum absolute atomic E-state index is 13.0. The summed E-state index contributed by atoms with van der Waals surface area (Å²) in [4.78, 5) is 41.4. The van der Waals surface area contributed by atoms with Gasteiger partial charge in [0, 0.05) is 50.2 Å². The molecule has 1 aromatic carbocycles. The third-order valence-electron chi connectivity index (χ3n) is 6.11. The number of morpholine rings is 1. The van der Waals surface area contributed by atoms with Crippen molar-refractivity contribution in [2.75, 3.05) is 32.8 Å². The van der Waals surface area contributed by atoms with E-state index in [1.165, 1.54) is 4.90 Å². The third kappa shape index (κ3) is 6.64. The maximum Gasteiger partial charge on any atom is 0.243 e. The van der Waals surface area contributed by atoms with Crippen molar-refractivity contribution < 1.29 is 19.1 Å². The summed E-state index contributed by atoms with van der Waals surface area (Å²) in [7, 11) is 0. The highest BCUT2D eigenvalue weighted by molar-refractivity contribution is 6.30. The summed E-state index contributed by atoms with van der Waals surface area (Å²) < 4.78 is 5.25. The van der Waals surface area contributed by atoms with Crippen LogP contribution in [0.2, 0.25) is 5.02 Å². The Morgan fingerprint density at radius 3 is 2.64 bits per heavy atom. The van der Waals surface area contributed by atoms with E-state index in [1.54, 1.807) is 17.0 Å². The van der Waals surface area contributed by atoms with Crippen molar-refractivity contribution in [3.8, 4) is 0 Å². The van der Waals surface area contributed by atoms with Gasteiger partial charge in [0.2, 0.25) is 17.7 Å². The average molecular weight is 481 g/mol. The lowest BCUT2D eigenvalue weighted by Gasteiger charge is -2.28. The number of benzene rings is 1. The Hall–Kier alpha value is -2.24. The van der Waals surface area contributed by atoms with Crippen molar-refractivity contribution >= 4 is 29.3 Å². The van der Waals surface area contributed by atoms with Crippen LogP contribution in [0, 0.1) is 0 Å². The van der Waals surface area contributed by atoms with Gasteiger partial charge in [0.25, 0.3) is 0 Å². The maximum atomic E-state index is 13.0. The lowest BCUT2D eigenvalue weighted by molar-refractivity contribution is -0.140. The molecule has 3 rings (SSSR count). The molecule has 2 saturated heterocycles. The van der Waals surface area contributed by atoms with Gasteiger partial charge in [0.05, 0.1) is 19.3 Å². The van der Waals surface area contributed by atoms with Gasteiger partial charge in [0.1, 0.15) is 6.04 Å². The number of rotatable bonds is 8. The van der Waals surface area contributed by atoms with E-state index in [1.807, 2.05) is 6.07 Å². The quantitative estimate of drug-likeness (QED) is 0.383. The minimum atomic E-state index is -0.882. The van der Waals surface area contributed by atoms with E-state index in [0.29, 0.717) is 44.3 Å². The first-order valence-corrected chi connectivity index (χ1v) is 11.6. The van der Waals surface area contributed by atoms with Crippen molar-refractivity contribution in [2.24, 2.45) is 17.2 Å². The van der Waals surface area contributed by atoms with Crippen LogP contribution >= 0.6 is 11.6 Å². The standard InChI is InChI=1S/C22H33ClN6O4/c23-16-2-1-14(11-24)15(9-16)12-27-21(31)19-10-17(25)13-29(19)22(32)18(26)3-4-20(30)28-5-7-33-8-6-28/h1-2,9,17-19H,3-8,10-13,24-26H2,(H,27,31)/t17-,18+,19-/m0/s1. The number of likely N-dealkylation sites (tertiary alicyclic amines) is 1. The monoisotopic (exact) mass is 480 g/mol. The molecule has 0 aliphatic carbocycles. The van der Waals surface area contributed by atoms with Crippen molar-refractivity contribution in [1.29, 1.82) is 0 Å². The van der Waals surface area contributed by atoms with Crippen LogP contribution in [-0.4, -0.2) is 78.5 Å². The lowest BCUT2D eigenvalue weighted by Crippen LogP contribution is -2.51. The normalized spacial score (nSPS) is 21.7. The summed E-state index contributed by atoms with van der Waals surface area (Å²) >= 11 is 6.07. The molecular weight excluding hydrogens is 448 g/mol. The molecule has 33 heavy (non-hydrogen) atoms. The molecule has 10 nitrogen and oxygen atoms in total. The molecule has 1 aromatic rings. The molecule has 0 aromatic heterocycles. The smallest absolute Gasteiger partial charge is 0.243 e. The van der Waals surface area contributed by atoms with Crippen molar-refractivity contribution in [3.63, 3.8) is 0 Å². The number of ether oxygens (including phenoxy) is 1. The SMILES string of the molecule is NCc1ccc(Cl)cc1CNC(=O)[C@@H]1C[C@H](N)CN1C(=O)[C@H](N)CCC(=O)N1CCOCC1. The minimum Gasteiger partial charge on any atom is -0.378 e. The number of hydrogen-bond donors (Lipinski definition) is 4. The largest absolute Gasteiger partial charge is 0.378 e. The minimum absolute atomic E-state index is 0.0498. The number of hydrogen-bond acceptors (Lipinski definition) is 7. The predicted molar refractivity (Wildman–Crippen MR) is 124 cm³/mol. The van der Waals surface area contributed by atoms with E-state index in [2.05, 4.69) is 5.32 Å². The van der Waals surface area contributed by atoms with Gasteiger partial charge in [-0.3, -0.25) is 14.4 Å². The Bertz CT molecular complexity index is 863. The van der Waals surface area contributed by atoms with Crippen LogP contribution < -0.4 is 22.5 Å². The molecule has 2 aliphatic rings. The summed E-state index contributed by atoms with van der Waals surface area (Å²) in [5.41, 5.74) is 19.6. The van der Waals surface area contributed by atoms with Gasteiger partial charge >= 0.3 is 0 Å². The van der Waals surface area contributed by atoms with Gasteiger partial charge in [-0.2, -0.15) is 0 Å². The highest BCUT2D eigenvalue weighted by Gasteiger charge is 2.39. The molecule has 2 fully saturated rings. The Labute approximate surface area is 198 Å². The van der Waals surface area contributed by atoms with E-state index in [0.717, 1.165) is 11.1 Å². The number of carbonyl (C=O) groups excluding carboxylic acids is 3. The third-order valence-corrected chi connectivity index (χ3v) is 6.35. The van der Waals surface area contributed by atoms with E-state index >= 15 is 0 Å². The van der Waals surface area contributed by atoms with Crippen LogP contribution in [0.5, 0.6) is 0 Å². The molecule has 182 valence electrons. The highest BCUT2D eigenvalue weighted by Crippen LogP contribution is 2.20. The van der Waals surface area contributed by atoms with Crippen molar-refractivity contribution in [3.05, 3.63) is 34.3 Å². The second-order valence-electron chi connectivity index (χ2n) is 8.48. The first-order valence-electron chi connectivity index (χ1n) is 11.2. The van der Waals surface area contributed by atoms with E-state index in [4.69, 9.17) is 33.5 Å². The molecule has 0 unspecified atom stereocenters. The molecule has 3 atom stereocenters. The second-order valence-corrected chi connectivity index (χ2v) is 8.91. The Morgan fingerprint density at radius 2 is 1.94 bits per heavy atom. The molecule has 0 bridgehead atoms. The molecular formula is C22H33ClN6O4. The Morgan fingerprint density at radius 1 is 1.21 bits per heavy atom.